The van der Waals surface area contributed by atoms with Crippen LogP contribution in [0.15, 0.2) is 42.5 Å². The van der Waals surface area contributed by atoms with Crippen molar-refractivity contribution in [3.05, 3.63) is 69.5 Å². The van der Waals surface area contributed by atoms with E-state index in [2.05, 4.69) is 0 Å². The van der Waals surface area contributed by atoms with Gasteiger partial charge in [-0.05, 0) is 35.7 Å². The molecule has 0 aliphatic heterocycles. The number of ether oxygens (including phenoxy) is 1. The third-order valence-corrected chi connectivity index (χ3v) is 3.36. The van der Waals surface area contributed by atoms with Crippen molar-refractivity contribution in [2.24, 2.45) is 5.73 Å². The third kappa shape index (κ3) is 4.48. The summed E-state index contributed by atoms with van der Waals surface area (Å²) in [5.74, 6) is -0.249. The molecule has 122 valence electrons. The summed E-state index contributed by atoms with van der Waals surface area (Å²) in [6.07, 6.45) is 0.312. The van der Waals surface area contributed by atoms with Gasteiger partial charge in [-0.15, -0.1) is 0 Å². The number of nitrogens with zero attached hydrogens (tertiary/aromatic N) is 1. The Morgan fingerprint density at radius 1 is 1.26 bits per heavy atom. The Morgan fingerprint density at radius 3 is 2.57 bits per heavy atom. The second-order valence-electron chi connectivity index (χ2n) is 5.02. The number of benzene rings is 2. The topological polar surface area (TPSA) is 98.6 Å². The van der Waals surface area contributed by atoms with E-state index in [9.17, 15) is 14.5 Å². The highest BCUT2D eigenvalue weighted by atomic mass is 19.1. The summed E-state index contributed by atoms with van der Waals surface area (Å²) in [7, 11) is 0. The lowest BCUT2D eigenvalue weighted by Gasteiger charge is -2.12. The van der Waals surface area contributed by atoms with E-state index in [4.69, 9.17) is 15.6 Å². The Hall–Kier alpha value is -2.51. The first-order valence-electron chi connectivity index (χ1n) is 7.03. The van der Waals surface area contributed by atoms with E-state index >= 15 is 0 Å². The van der Waals surface area contributed by atoms with Gasteiger partial charge in [0.15, 0.2) is 5.75 Å². The van der Waals surface area contributed by atoms with Crippen LogP contribution in [-0.2, 0) is 6.61 Å². The van der Waals surface area contributed by atoms with Crippen LogP contribution in [0.4, 0.5) is 10.1 Å². The van der Waals surface area contributed by atoms with Gasteiger partial charge in [0.25, 0.3) is 0 Å². The number of hydrogen-bond acceptors (Lipinski definition) is 5. The Balaban J connectivity index is 2.17. The Bertz CT molecular complexity index is 676. The van der Waals surface area contributed by atoms with Crippen molar-refractivity contribution in [1.29, 1.82) is 0 Å². The van der Waals surface area contributed by atoms with E-state index in [1.54, 1.807) is 18.2 Å². The molecule has 0 heterocycles. The lowest BCUT2D eigenvalue weighted by Crippen LogP contribution is -2.12. The smallest absolute Gasteiger partial charge is 0.311 e. The van der Waals surface area contributed by atoms with Crippen LogP contribution in [0.1, 0.15) is 23.6 Å². The molecule has 0 bridgehead atoms. The Kier molecular flexibility index (Phi) is 5.61. The second kappa shape index (κ2) is 7.66. The molecule has 7 heteroatoms. The lowest BCUT2D eigenvalue weighted by molar-refractivity contribution is -0.386. The molecule has 0 fully saturated rings. The molecule has 23 heavy (non-hydrogen) atoms. The fourth-order valence-corrected chi connectivity index (χ4v) is 2.08. The van der Waals surface area contributed by atoms with Gasteiger partial charge in [0.05, 0.1) is 4.92 Å². The quantitative estimate of drug-likeness (QED) is 0.603. The third-order valence-electron chi connectivity index (χ3n) is 3.36. The molecule has 0 saturated carbocycles. The van der Waals surface area contributed by atoms with E-state index in [1.807, 2.05) is 0 Å². The van der Waals surface area contributed by atoms with Crippen molar-refractivity contribution in [3.63, 3.8) is 0 Å². The van der Waals surface area contributed by atoms with Crippen molar-refractivity contribution in [1.82, 2.24) is 0 Å². The van der Waals surface area contributed by atoms with Gasteiger partial charge < -0.3 is 15.6 Å². The molecule has 2 aromatic carbocycles. The van der Waals surface area contributed by atoms with E-state index in [-0.39, 0.29) is 30.5 Å². The zero-order chi connectivity index (χ0) is 16.8. The number of aliphatic hydroxyl groups is 1. The second-order valence-corrected chi connectivity index (χ2v) is 5.02. The standard InChI is InChI=1S/C16H17FN2O4/c17-13-4-1-11(2-5-13)10-23-16-6-3-12(14(18)7-8-20)9-15(16)19(21)22/h1-6,9,14,20H,7-8,10,18H2. The lowest BCUT2D eigenvalue weighted by atomic mass is 10.0. The first kappa shape index (κ1) is 16.9. The van der Waals surface area contributed by atoms with Gasteiger partial charge in [-0.3, -0.25) is 10.1 Å². The maximum absolute atomic E-state index is 12.8. The molecule has 0 radical (unpaired) electrons. The maximum atomic E-state index is 12.8. The minimum Gasteiger partial charge on any atom is -0.482 e. The number of nitro benzene ring substituents is 1. The van der Waals surface area contributed by atoms with Crippen LogP contribution < -0.4 is 10.5 Å². The van der Waals surface area contributed by atoms with Crippen molar-refractivity contribution < 1.29 is 19.2 Å². The number of nitrogens with two attached hydrogens (primary N) is 1. The molecule has 0 aliphatic rings. The van der Waals surface area contributed by atoms with E-state index < -0.39 is 11.0 Å². The summed E-state index contributed by atoms with van der Waals surface area (Å²) in [5, 5.41) is 20.1. The van der Waals surface area contributed by atoms with Gasteiger partial charge in [0.1, 0.15) is 12.4 Å². The average molecular weight is 320 g/mol. The van der Waals surface area contributed by atoms with Crippen LogP contribution in [0.2, 0.25) is 0 Å². The van der Waals surface area contributed by atoms with E-state index in [1.165, 1.54) is 24.3 Å². The van der Waals surface area contributed by atoms with Crippen LogP contribution in [-0.4, -0.2) is 16.6 Å². The monoisotopic (exact) mass is 320 g/mol. The largest absolute Gasteiger partial charge is 0.482 e. The molecule has 6 nitrogen and oxygen atoms in total. The Morgan fingerprint density at radius 2 is 1.96 bits per heavy atom. The zero-order valence-electron chi connectivity index (χ0n) is 12.3. The van der Waals surface area contributed by atoms with Crippen LogP contribution in [0.3, 0.4) is 0 Å². The number of rotatable bonds is 7. The van der Waals surface area contributed by atoms with Crippen molar-refractivity contribution in [3.8, 4) is 5.75 Å². The molecule has 1 atom stereocenters. The average Bonchev–Trinajstić information content (AvgIpc) is 2.54. The molecule has 0 saturated heterocycles. The van der Waals surface area contributed by atoms with Crippen molar-refractivity contribution >= 4 is 5.69 Å². The molecule has 2 rings (SSSR count). The number of hydrogen-bond donors (Lipinski definition) is 2. The molecule has 0 amide bonds. The minimum absolute atomic E-state index is 0.0865. The maximum Gasteiger partial charge on any atom is 0.311 e. The van der Waals surface area contributed by atoms with Crippen LogP contribution in [0.5, 0.6) is 5.75 Å². The van der Waals surface area contributed by atoms with Gasteiger partial charge in [-0.2, -0.15) is 0 Å². The van der Waals surface area contributed by atoms with Gasteiger partial charge in [0.2, 0.25) is 0 Å². The van der Waals surface area contributed by atoms with Crippen molar-refractivity contribution in [2.45, 2.75) is 19.1 Å². The first-order valence-corrected chi connectivity index (χ1v) is 7.03. The fourth-order valence-electron chi connectivity index (χ4n) is 2.08. The normalized spacial score (nSPS) is 12.0. The summed E-state index contributed by atoms with van der Waals surface area (Å²) in [6.45, 7) is -0.0130. The first-order chi connectivity index (χ1) is 11.0. The van der Waals surface area contributed by atoms with Crippen molar-refractivity contribution in [2.75, 3.05) is 6.61 Å². The summed E-state index contributed by atoms with van der Waals surface area (Å²) in [5.41, 5.74) is 6.90. The number of halogens is 1. The molecule has 0 aliphatic carbocycles. The van der Waals surface area contributed by atoms with Gasteiger partial charge in [-0.1, -0.05) is 18.2 Å². The fraction of sp³-hybridized carbons (Fsp3) is 0.250. The number of aliphatic hydroxyl groups excluding tert-OH is 1. The molecule has 0 spiro atoms. The number of nitro groups is 1. The SMILES string of the molecule is NC(CCO)c1ccc(OCc2ccc(F)cc2)c([N+](=O)[O-])c1. The predicted molar refractivity (Wildman–Crippen MR) is 82.5 cm³/mol. The molecular formula is C16H17FN2O4. The highest BCUT2D eigenvalue weighted by Crippen LogP contribution is 2.31. The minimum atomic E-state index is -0.546. The van der Waals surface area contributed by atoms with Gasteiger partial charge in [0, 0.05) is 18.7 Å². The summed E-state index contributed by atoms with van der Waals surface area (Å²) < 4.78 is 18.3. The highest BCUT2D eigenvalue weighted by molar-refractivity contribution is 5.49. The van der Waals surface area contributed by atoms with Crippen LogP contribution in [0, 0.1) is 15.9 Å². The summed E-state index contributed by atoms with van der Waals surface area (Å²) in [4.78, 5) is 10.6. The van der Waals surface area contributed by atoms with E-state index in [0.29, 0.717) is 17.5 Å². The zero-order valence-corrected chi connectivity index (χ0v) is 12.3. The summed E-state index contributed by atoms with van der Waals surface area (Å²) in [6, 6.07) is 9.67. The molecule has 1 unspecified atom stereocenters. The molecular weight excluding hydrogens is 303 g/mol. The van der Waals surface area contributed by atoms with Gasteiger partial charge in [-0.25, -0.2) is 4.39 Å². The van der Waals surface area contributed by atoms with Crippen LogP contribution >= 0.6 is 0 Å². The predicted octanol–water partition coefficient (Wildman–Crippen LogP) is 2.70. The molecule has 0 aromatic heterocycles. The Labute approximate surface area is 132 Å². The summed E-state index contributed by atoms with van der Waals surface area (Å²) >= 11 is 0. The van der Waals surface area contributed by atoms with Crippen LogP contribution in [0.25, 0.3) is 0 Å². The molecule has 3 N–H and O–H groups in total. The van der Waals surface area contributed by atoms with E-state index in [0.717, 1.165) is 0 Å². The molecule has 2 aromatic rings. The van der Waals surface area contributed by atoms with Gasteiger partial charge >= 0.3 is 5.69 Å². The highest BCUT2D eigenvalue weighted by Gasteiger charge is 2.18.